The van der Waals surface area contributed by atoms with Crippen molar-refractivity contribution in [3.63, 3.8) is 0 Å². The summed E-state index contributed by atoms with van der Waals surface area (Å²) in [5, 5.41) is 0. The van der Waals surface area contributed by atoms with Crippen molar-refractivity contribution >= 4 is 5.83 Å². The molecule has 2 fully saturated rings. The molecule has 0 nitrogen and oxygen atoms in total. The highest BCUT2D eigenvalue weighted by atomic mass is 19.2. The largest absolute Gasteiger partial charge is 0.209 e. The van der Waals surface area contributed by atoms with Gasteiger partial charge in [0.1, 0.15) is 11.6 Å². The van der Waals surface area contributed by atoms with Crippen LogP contribution in [0.3, 0.4) is 0 Å². The van der Waals surface area contributed by atoms with Crippen LogP contribution in [-0.4, -0.2) is 0 Å². The summed E-state index contributed by atoms with van der Waals surface area (Å²) in [5.74, 6) is 0.494. The van der Waals surface area contributed by atoms with Crippen LogP contribution in [0.5, 0.6) is 0 Å². The molecule has 3 rings (SSSR count). The molecule has 168 valence electrons. The standard InChI is InChI=1S/C27H39F3/c1-3-5-7-25(28)27(30)24-17-16-23(18-26(24)29)22-14-12-21(13-15-22)20-10-8-19(6-4-2)9-11-20/h16-22H,3-15H2,1-2H3/b27-25+. The van der Waals surface area contributed by atoms with Gasteiger partial charge in [0.15, 0.2) is 5.83 Å². The highest BCUT2D eigenvalue weighted by Gasteiger charge is 2.31. The van der Waals surface area contributed by atoms with Crippen molar-refractivity contribution in [3.05, 3.63) is 41.0 Å². The van der Waals surface area contributed by atoms with Crippen LogP contribution in [0.4, 0.5) is 13.2 Å². The van der Waals surface area contributed by atoms with E-state index in [0.717, 1.165) is 42.6 Å². The Bertz CT molecular complexity index is 692. The van der Waals surface area contributed by atoms with Crippen LogP contribution in [0.15, 0.2) is 24.0 Å². The number of hydrogen-bond acceptors (Lipinski definition) is 0. The number of benzene rings is 1. The Morgan fingerprint density at radius 2 is 1.50 bits per heavy atom. The van der Waals surface area contributed by atoms with Crippen molar-refractivity contribution in [1.82, 2.24) is 0 Å². The lowest BCUT2D eigenvalue weighted by Crippen LogP contribution is -2.25. The molecule has 0 amide bonds. The van der Waals surface area contributed by atoms with Gasteiger partial charge in [0, 0.05) is 12.0 Å². The van der Waals surface area contributed by atoms with E-state index >= 15 is 0 Å². The Hall–Kier alpha value is -1.25. The zero-order chi connectivity index (χ0) is 21.5. The van der Waals surface area contributed by atoms with Gasteiger partial charge in [-0.2, -0.15) is 0 Å². The molecule has 2 aliphatic rings. The molecular weight excluding hydrogens is 381 g/mol. The van der Waals surface area contributed by atoms with E-state index < -0.39 is 17.5 Å². The first kappa shape index (κ1) is 23.4. The minimum atomic E-state index is -1.03. The summed E-state index contributed by atoms with van der Waals surface area (Å²) in [6.07, 6.45) is 14.3. The third-order valence-electron chi connectivity index (χ3n) is 7.72. The number of unbranched alkanes of at least 4 members (excludes halogenated alkanes) is 1. The van der Waals surface area contributed by atoms with Gasteiger partial charge >= 0.3 is 0 Å². The third kappa shape index (κ3) is 5.92. The maximum Gasteiger partial charge on any atom is 0.164 e. The van der Waals surface area contributed by atoms with E-state index in [9.17, 15) is 13.2 Å². The zero-order valence-electron chi connectivity index (χ0n) is 18.9. The van der Waals surface area contributed by atoms with E-state index in [0.29, 0.717) is 12.3 Å². The summed E-state index contributed by atoms with van der Waals surface area (Å²) in [5.41, 5.74) is 0.716. The Kier molecular flexibility index (Phi) is 8.89. The van der Waals surface area contributed by atoms with Gasteiger partial charge in [-0.25, -0.2) is 13.2 Å². The molecule has 0 bridgehead atoms. The molecule has 0 N–H and O–H groups in total. The van der Waals surface area contributed by atoms with Crippen LogP contribution in [0, 0.1) is 23.6 Å². The van der Waals surface area contributed by atoms with Crippen molar-refractivity contribution in [2.75, 3.05) is 0 Å². The molecule has 2 saturated carbocycles. The Morgan fingerprint density at radius 1 is 0.867 bits per heavy atom. The van der Waals surface area contributed by atoms with E-state index in [2.05, 4.69) is 6.92 Å². The Morgan fingerprint density at radius 3 is 2.07 bits per heavy atom. The molecule has 0 aliphatic heterocycles. The zero-order valence-corrected chi connectivity index (χ0v) is 18.9. The molecule has 0 heterocycles. The second kappa shape index (κ2) is 11.4. The van der Waals surface area contributed by atoms with Gasteiger partial charge in [0.05, 0.1) is 0 Å². The number of halogens is 3. The summed E-state index contributed by atoms with van der Waals surface area (Å²) in [6, 6.07) is 4.70. The molecule has 0 unspecified atom stereocenters. The topological polar surface area (TPSA) is 0 Å². The first-order valence-corrected chi connectivity index (χ1v) is 12.4. The molecule has 3 heteroatoms. The first-order chi connectivity index (χ1) is 14.5. The lowest BCUT2D eigenvalue weighted by Gasteiger charge is -2.38. The van der Waals surface area contributed by atoms with Crippen molar-refractivity contribution in [2.45, 2.75) is 103 Å². The predicted molar refractivity (Wildman–Crippen MR) is 120 cm³/mol. The second-order valence-electron chi connectivity index (χ2n) is 9.74. The fourth-order valence-corrected chi connectivity index (χ4v) is 5.83. The molecule has 1 aromatic carbocycles. The normalized spacial score (nSPS) is 28.3. The van der Waals surface area contributed by atoms with Crippen molar-refractivity contribution in [1.29, 1.82) is 0 Å². The summed E-state index contributed by atoms with van der Waals surface area (Å²) >= 11 is 0. The first-order valence-electron chi connectivity index (χ1n) is 12.4. The average Bonchev–Trinajstić information content (AvgIpc) is 2.78. The third-order valence-corrected chi connectivity index (χ3v) is 7.72. The van der Waals surface area contributed by atoms with Crippen LogP contribution < -0.4 is 0 Å². The van der Waals surface area contributed by atoms with E-state index in [1.54, 1.807) is 0 Å². The van der Waals surface area contributed by atoms with Gasteiger partial charge in [0.25, 0.3) is 0 Å². The van der Waals surface area contributed by atoms with Gasteiger partial charge < -0.3 is 0 Å². The molecule has 0 radical (unpaired) electrons. The van der Waals surface area contributed by atoms with Crippen molar-refractivity contribution < 1.29 is 13.2 Å². The van der Waals surface area contributed by atoms with Gasteiger partial charge in [-0.15, -0.1) is 0 Å². The summed E-state index contributed by atoms with van der Waals surface area (Å²) < 4.78 is 42.8. The summed E-state index contributed by atoms with van der Waals surface area (Å²) in [7, 11) is 0. The van der Waals surface area contributed by atoms with E-state index in [1.807, 2.05) is 13.0 Å². The molecule has 0 atom stereocenters. The van der Waals surface area contributed by atoms with Gasteiger partial charge in [-0.05, 0) is 86.3 Å². The molecule has 0 aromatic heterocycles. The SMILES string of the molecule is CCCC/C(F)=C(\F)c1ccc(C2CCC(C3CCC(CCC)CC3)CC2)cc1F. The second-order valence-corrected chi connectivity index (χ2v) is 9.74. The molecular formula is C27H39F3. The minimum absolute atomic E-state index is 0.0356. The summed E-state index contributed by atoms with van der Waals surface area (Å²) in [4.78, 5) is 0. The van der Waals surface area contributed by atoms with Crippen LogP contribution >= 0.6 is 0 Å². The van der Waals surface area contributed by atoms with Crippen LogP contribution in [0.2, 0.25) is 0 Å². The van der Waals surface area contributed by atoms with Gasteiger partial charge in [-0.1, -0.05) is 52.0 Å². The van der Waals surface area contributed by atoms with Gasteiger partial charge in [0.2, 0.25) is 0 Å². The van der Waals surface area contributed by atoms with E-state index in [4.69, 9.17) is 0 Å². The van der Waals surface area contributed by atoms with Crippen LogP contribution in [0.1, 0.15) is 114 Å². The molecule has 1 aromatic rings. The Labute approximate surface area is 181 Å². The lowest BCUT2D eigenvalue weighted by molar-refractivity contribution is 0.156. The van der Waals surface area contributed by atoms with Gasteiger partial charge in [-0.3, -0.25) is 0 Å². The van der Waals surface area contributed by atoms with Crippen molar-refractivity contribution in [3.8, 4) is 0 Å². The fourth-order valence-electron chi connectivity index (χ4n) is 5.83. The van der Waals surface area contributed by atoms with E-state index in [1.165, 1.54) is 63.5 Å². The fraction of sp³-hybridized carbons (Fsp3) is 0.704. The molecule has 30 heavy (non-hydrogen) atoms. The van der Waals surface area contributed by atoms with Crippen LogP contribution in [0.25, 0.3) is 5.83 Å². The Balaban J connectivity index is 1.55. The average molecular weight is 421 g/mol. The number of rotatable bonds is 8. The maximum absolute atomic E-state index is 14.6. The number of hydrogen-bond donors (Lipinski definition) is 0. The van der Waals surface area contributed by atoms with Crippen LogP contribution in [-0.2, 0) is 0 Å². The monoisotopic (exact) mass is 420 g/mol. The quantitative estimate of drug-likeness (QED) is 0.393. The summed E-state index contributed by atoms with van der Waals surface area (Å²) in [6.45, 7) is 4.21. The highest BCUT2D eigenvalue weighted by Crippen LogP contribution is 2.44. The molecule has 0 saturated heterocycles. The predicted octanol–water partition coefficient (Wildman–Crippen LogP) is 9.50. The molecule has 2 aliphatic carbocycles. The molecule has 0 spiro atoms. The van der Waals surface area contributed by atoms with Crippen molar-refractivity contribution in [2.24, 2.45) is 17.8 Å². The highest BCUT2D eigenvalue weighted by molar-refractivity contribution is 5.61. The number of allylic oxidation sites excluding steroid dienone is 1. The lowest BCUT2D eigenvalue weighted by atomic mass is 9.68. The smallest absolute Gasteiger partial charge is 0.164 e. The minimum Gasteiger partial charge on any atom is -0.209 e. The van der Waals surface area contributed by atoms with E-state index in [-0.39, 0.29) is 12.0 Å². The maximum atomic E-state index is 14.6.